The first kappa shape index (κ1) is 20.8. The minimum absolute atomic E-state index is 0.00133. The lowest BCUT2D eigenvalue weighted by atomic mass is 10.1. The number of carbonyl (C=O) groups excluding carboxylic acids is 3. The first-order valence-electron chi connectivity index (χ1n) is 8.98. The van der Waals surface area contributed by atoms with E-state index >= 15 is 0 Å². The van der Waals surface area contributed by atoms with Crippen molar-refractivity contribution in [2.24, 2.45) is 0 Å². The van der Waals surface area contributed by atoms with E-state index in [0.717, 1.165) is 21.2 Å². The van der Waals surface area contributed by atoms with Gasteiger partial charge in [0.1, 0.15) is 4.88 Å². The molecule has 2 aromatic carbocycles. The van der Waals surface area contributed by atoms with E-state index in [1.165, 1.54) is 11.3 Å². The third-order valence-electron chi connectivity index (χ3n) is 4.29. The molecule has 0 aliphatic rings. The fraction of sp³-hybridized carbons (Fsp3) is 0.190. The van der Waals surface area contributed by atoms with Gasteiger partial charge in [0.25, 0.3) is 5.91 Å². The van der Waals surface area contributed by atoms with Crippen molar-refractivity contribution < 1.29 is 14.4 Å². The number of rotatable bonds is 5. The van der Waals surface area contributed by atoms with Crippen molar-refractivity contribution in [1.29, 1.82) is 0 Å². The zero-order valence-corrected chi connectivity index (χ0v) is 17.5. The molecule has 0 atom stereocenters. The van der Waals surface area contributed by atoms with E-state index in [-0.39, 0.29) is 18.7 Å². The number of aryl methyl sites for hydroxylation is 2. The smallest absolute Gasteiger partial charge is 0.281 e. The van der Waals surface area contributed by atoms with Gasteiger partial charge < -0.3 is 5.32 Å². The van der Waals surface area contributed by atoms with Crippen LogP contribution in [0, 0.1) is 13.8 Å². The number of benzene rings is 2. The van der Waals surface area contributed by atoms with Gasteiger partial charge in [-0.1, -0.05) is 47.5 Å². The number of thiophene rings is 1. The Bertz CT molecular complexity index is 1090. The summed E-state index contributed by atoms with van der Waals surface area (Å²) in [4.78, 5) is 36.7. The number of amides is 3. The zero-order chi connectivity index (χ0) is 21.0. The highest BCUT2D eigenvalue weighted by Gasteiger charge is 2.17. The number of hydrazine groups is 1. The van der Waals surface area contributed by atoms with Crippen LogP contribution in [0.2, 0.25) is 5.02 Å². The molecule has 6 nitrogen and oxygen atoms in total. The lowest BCUT2D eigenvalue weighted by Crippen LogP contribution is -2.41. The molecule has 150 valence electrons. The van der Waals surface area contributed by atoms with Gasteiger partial charge in [-0.25, -0.2) is 0 Å². The van der Waals surface area contributed by atoms with Crippen LogP contribution in [0.3, 0.4) is 0 Å². The van der Waals surface area contributed by atoms with E-state index in [2.05, 4.69) is 16.2 Å². The Morgan fingerprint density at radius 1 is 0.966 bits per heavy atom. The molecular weight excluding hydrogens is 410 g/mol. The van der Waals surface area contributed by atoms with Gasteiger partial charge in [0.2, 0.25) is 11.8 Å². The summed E-state index contributed by atoms with van der Waals surface area (Å²) in [6, 6.07) is 13.1. The number of hydrogen-bond donors (Lipinski definition) is 3. The number of nitrogens with one attached hydrogen (secondary N) is 3. The SMILES string of the molecule is Cc1ccc(NC(=O)CCC(=O)NNC(=O)c2sc3ccccc3c2Cl)c(C)c1. The highest BCUT2D eigenvalue weighted by atomic mass is 35.5. The van der Waals surface area contributed by atoms with Crippen molar-refractivity contribution in [3.8, 4) is 0 Å². The van der Waals surface area contributed by atoms with Gasteiger partial charge in [0.15, 0.2) is 0 Å². The molecule has 8 heteroatoms. The molecule has 3 rings (SSSR count). The molecule has 0 bridgehead atoms. The van der Waals surface area contributed by atoms with Gasteiger partial charge in [-0.05, 0) is 31.5 Å². The van der Waals surface area contributed by atoms with Crippen LogP contribution in [0.1, 0.15) is 33.6 Å². The maximum atomic E-state index is 12.3. The number of carbonyl (C=O) groups is 3. The molecule has 3 aromatic rings. The van der Waals surface area contributed by atoms with Crippen LogP contribution in [0.5, 0.6) is 0 Å². The van der Waals surface area contributed by atoms with E-state index in [0.29, 0.717) is 15.6 Å². The average molecular weight is 430 g/mol. The Morgan fingerprint density at radius 2 is 1.69 bits per heavy atom. The van der Waals surface area contributed by atoms with Crippen LogP contribution >= 0.6 is 22.9 Å². The van der Waals surface area contributed by atoms with E-state index in [4.69, 9.17) is 11.6 Å². The maximum absolute atomic E-state index is 12.3. The summed E-state index contributed by atoms with van der Waals surface area (Å²) in [5.41, 5.74) is 7.44. The van der Waals surface area contributed by atoms with Crippen LogP contribution in [0.4, 0.5) is 5.69 Å². The molecule has 29 heavy (non-hydrogen) atoms. The summed E-state index contributed by atoms with van der Waals surface area (Å²) in [6.45, 7) is 3.88. The summed E-state index contributed by atoms with van der Waals surface area (Å²) in [5.74, 6) is -1.23. The Hall–Kier alpha value is -2.90. The van der Waals surface area contributed by atoms with Crippen LogP contribution in [0.15, 0.2) is 42.5 Å². The predicted molar refractivity (Wildman–Crippen MR) is 116 cm³/mol. The molecule has 3 N–H and O–H groups in total. The molecule has 0 unspecified atom stereocenters. The molecule has 0 saturated carbocycles. The molecule has 0 radical (unpaired) electrons. The average Bonchev–Trinajstić information content (AvgIpc) is 3.04. The Balaban J connectivity index is 1.48. The third kappa shape index (κ3) is 5.13. The molecule has 0 spiro atoms. The summed E-state index contributed by atoms with van der Waals surface area (Å²) >= 11 is 7.50. The lowest BCUT2D eigenvalue weighted by Gasteiger charge is -2.09. The molecule has 0 aliphatic carbocycles. The Morgan fingerprint density at radius 3 is 2.41 bits per heavy atom. The standard InChI is InChI=1S/C21H20ClN3O3S/c1-12-7-8-15(13(2)11-12)23-17(26)9-10-18(27)24-25-21(28)20-19(22)14-5-3-4-6-16(14)29-20/h3-8,11H,9-10H2,1-2H3,(H,23,26)(H,24,27)(H,25,28). The van der Waals surface area contributed by atoms with Gasteiger partial charge in [-0.2, -0.15) is 0 Å². The van der Waals surface area contributed by atoms with Gasteiger partial charge >= 0.3 is 0 Å². The molecule has 3 amide bonds. The lowest BCUT2D eigenvalue weighted by molar-refractivity contribution is -0.124. The molecule has 0 aliphatic heterocycles. The molecule has 0 saturated heterocycles. The maximum Gasteiger partial charge on any atom is 0.281 e. The number of halogens is 1. The Kier molecular flexibility index (Phi) is 6.51. The van der Waals surface area contributed by atoms with Gasteiger partial charge in [-0.3, -0.25) is 25.2 Å². The van der Waals surface area contributed by atoms with Crippen LogP contribution < -0.4 is 16.2 Å². The van der Waals surface area contributed by atoms with Crippen LogP contribution in [-0.4, -0.2) is 17.7 Å². The second-order valence-corrected chi connectivity index (χ2v) is 8.04. The van der Waals surface area contributed by atoms with E-state index in [1.807, 2.05) is 56.3 Å². The first-order valence-corrected chi connectivity index (χ1v) is 10.2. The van der Waals surface area contributed by atoms with E-state index in [1.54, 1.807) is 0 Å². The van der Waals surface area contributed by atoms with E-state index < -0.39 is 11.8 Å². The van der Waals surface area contributed by atoms with Crippen molar-refractivity contribution in [1.82, 2.24) is 10.9 Å². The summed E-state index contributed by atoms with van der Waals surface area (Å²) in [5, 5.41) is 3.93. The topological polar surface area (TPSA) is 87.3 Å². The Labute approximate surface area is 177 Å². The second-order valence-electron chi connectivity index (χ2n) is 6.61. The molecule has 1 aromatic heterocycles. The fourth-order valence-corrected chi connectivity index (χ4v) is 4.21. The second kappa shape index (κ2) is 9.07. The normalized spacial score (nSPS) is 10.6. The van der Waals surface area contributed by atoms with Gasteiger partial charge in [0.05, 0.1) is 5.02 Å². The van der Waals surface area contributed by atoms with E-state index in [9.17, 15) is 14.4 Å². The fourth-order valence-electron chi connectivity index (χ4n) is 2.80. The van der Waals surface area contributed by atoms with Crippen LogP contribution in [0.25, 0.3) is 10.1 Å². The predicted octanol–water partition coefficient (Wildman–Crippen LogP) is 4.35. The highest BCUT2D eigenvalue weighted by Crippen LogP contribution is 2.34. The number of hydrogen-bond acceptors (Lipinski definition) is 4. The third-order valence-corrected chi connectivity index (χ3v) is 5.97. The van der Waals surface area contributed by atoms with Crippen molar-refractivity contribution in [2.45, 2.75) is 26.7 Å². The highest BCUT2D eigenvalue weighted by molar-refractivity contribution is 7.21. The van der Waals surface area contributed by atoms with Gasteiger partial charge in [0, 0.05) is 28.6 Å². The zero-order valence-electron chi connectivity index (χ0n) is 16.0. The summed E-state index contributed by atoms with van der Waals surface area (Å²) in [7, 11) is 0. The summed E-state index contributed by atoms with van der Waals surface area (Å²) in [6.07, 6.45) is -0.0597. The quantitative estimate of drug-likeness (QED) is 0.527. The van der Waals surface area contributed by atoms with Crippen molar-refractivity contribution >= 4 is 56.4 Å². The number of anilines is 1. The van der Waals surface area contributed by atoms with Crippen molar-refractivity contribution in [3.05, 3.63) is 63.5 Å². The monoisotopic (exact) mass is 429 g/mol. The first-order chi connectivity index (χ1) is 13.8. The summed E-state index contributed by atoms with van der Waals surface area (Å²) < 4.78 is 0.886. The minimum Gasteiger partial charge on any atom is -0.326 e. The number of fused-ring (bicyclic) bond motifs is 1. The van der Waals surface area contributed by atoms with Crippen molar-refractivity contribution in [3.63, 3.8) is 0 Å². The largest absolute Gasteiger partial charge is 0.326 e. The molecule has 0 fully saturated rings. The minimum atomic E-state index is -0.496. The van der Waals surface area contributed by atoms with Gasteiger partial charge in [-0.15, -0.1) is 11.3 Å². The molecule has 1 heterocycles. The molecular formula is C21H20ClN3O3S. The van der Waals surface area contributed by atoms with Crippen molar-refractivity contribution in [2.75, 3.05) is 5.32 Å². The van der Waals surface area contributed by atoms with Crippen LogP contribution in [-0.2, 0) is 9.59 Å².